The van der Waals surface area contributed by atoms with Gasteiger partial charge in [0.05, 0.1) is 29.7 Å². The number of carbonyl (C=O) groups is 1. The van der Waals surface area contributed by atoms with Gasteiger partial charge in [0.1, 0.15) is 11.6 Å². The molecule has 0 aliphatic heterocycles. The quantitative estimate of drug-likeness (QED) is 0.494. The normalized spacial score (nSPS) is 24.5. The molecular weight excluding hydrogens is 452 g/mol. The summed E-state index contributed by atoms with van der Waals surface area (Å²) in [6, 6.07) is 6.13. The summed E-state index contributed by atoms with van der Waals surface area (Å²) in [5.74, 6) is -0.609. The fraction of sp³-hybridized carbons (Fsp3) is 0.417. The highest BCUT2D eigenvalue weighted by atomic mass is 19.4. The maximum absolute atomic E-state index is 13.7. The largest absolute Gasteiger partial charge is 0.490 e. The number of aromatic nitrogens is 3. The van der Waals surface area contributed by atoms with Gasteiger partial charge in [-0.05, 0) is 61.3 Å². The Morgan fingerprint density at radius 1 is 1.15 bits per heavy atom. The van der Waals surface area contributed by atoms with Gasteiger partial charge in [-0.1, -0.05) is 6.92 Å². The van der Waals surface area contributed by atoms with E-state index in [9.17, 15) is 22.4 Å². The third kappa shape index (κ3) is 4.28. The monoisotopic (exact) mass is 474 g/mol. The van der Waals surface area contributed by atoms with Gasteiger partial charge in [0.2, 0.25) is 11.7 Å². The molecule has 3 aromatic rings. The summed E-state index contributed by atoms with van der Waals surface area (Å²) in [4.78, 5) is 23.6. The number of carbonyl (C=O) groups excluding carboxylic acids is 1. The lowest BCUT2D eigenvalue weighted by Crippen LogP contribution is -2.27. The predicted octanol–water partition coefficient (Wildman–Crippen LogP) is 5.25. The summed E-state index contributed by atoms with van der Waals surface area (Å²) in [6.45, 7) is 1.92. The van der Waals surface area contributed by atoms with Crippen molar-refractivity contribution in [2.45, 2.75) is 38.5 Å². The number of nitrogens with zero attached hydrogens (tertiary/aromatic N) is 3. The van der Waals surface area contributed by atoms with Crippen molar-refractivity contribution in [2.75, 3.05) is 5.32 Å². The number of alkyl halides is 3. The zero-order valence-electron chi connectivity index (χ0n) is 18.2. The lowest BCUT2D eigenvalue weighted by Gasteiger charge is -2.21. The van der Waals surface area contributed by atoms with Crippen molar-refractivity contribution in [1.29, 1.82) is 0 Å². The molecule has 2 fully saturated rings. The summed E-state index contributed by atoms with van der Waals surface area (Å²) in [6.07, 6.45) is 1.13. The second-order valence-corrected chi connectivity index (χ2v) is 8.88. The molecule has 3 atom stereocenters. The van der Waals surface area contributed by atoms with Crippen molar-refractivity contribution < 1.29 is 27.1 Å². The molecule has 0 saturated heterocycles. The van der Waals surface area contributed by atoms with Crippen LogP contribution in [0.5, 0.6) is 5.75 Å². The lowest BCUT2D eigenvalue weighted by atomic mass is 9.93. The number of hydrogen-bond donors (Lipinski definition) is 1. The molecule has 5 rings (SSSR count). The molecule has 2 aliphatic rings. The molecule has 2 saturated carbocycles. The first-order valence-corrected chi connectivity index (χ1v) is 11.2. The molecule has 1 amide bonds. The Kier molecular flexibility index (Phi) is 5.61. The minimum atomic E-state index is -4.63. The van der Waals surface area contributed by atoms with E-state index < -0.39 is 12.0 Å². The first-order chi connectivity index (χ1) is 16.2. The molecule has 3 unspecified atom stereocenters. The first-order valence-electron chi connectivity index (χ1n) is 11.2. The highest BCUT2D eigenvalue weighted by molar-refractivity contribution is 5.92. The van der Waals surface area contributed by atoms with Crippen LogP contribution in [0.4, 0.5) is 23.2 Å². The van der Waals surface area contributed by atoms with Crippen LogP contribution in [0.15, 0.2) is 42.9 Å². The zero-order chi connectivity index (χ0) is 24.0. The van der Waals surface area contributed by atoms with Crippen molar-refractivity contribution in [3.8, 4) is 5.75 Å². The third-order valence-corrected chi connectivity index (χ3v) is 6.84. The number of hydrogen-bond acceptors (Lipinski definition) is 5. The summed E-state index contributed by atoms with van der Waals surface area (Å²) < 4.78 is 57.8. The molecule has 1 aromatic carbocycles. The molecule has 10 heteroatoms. The van der Waals surface area contributed by atoms with Crippen molar-refractivity contribution in [3.63, 3.8) is 0 Å². The average Bonchev–Trinajstić information content (AvgIpc) is 3.26. The molecule has 0 bridgehead atoms. The summed E-state index contributed by atoms with van der Waals surface area (Å²) in [7, 11) is 0. The minimum Gasteiger partial charge on any atom is -0.490 e. The van der Waals surface area contributed by atoms with Gasteiger partial charge in [-0.15, -0.1) is 0 Å². The summed E-state index contributed by atoms with van der Waals surface area (Å²) >= 11 is 0. The molecule has 1 N–H and O–H groups in total. The van der Waals surface area contributed by atoms with Crippen LogP contribution in [0.3, 0.4) is 0 Å². The molecule has 2 aromatic heterocycles. The van der Waals surface area contributed by atoms with Gasteiger partial charge in [0.25, 0.3) is 0 Å². The molecule has 0 spiro atoms. The number of halogens is 4. The van der Waals surface area contributed by atoms with Gasteiger partial charge in [0, 0.05) is 17.5 Å². The van der Waals surface area contributed by atoms with Crippen LogP contribution < -0.4 is 10.1 Å². The maximum atomic E-state index is 13.7. The van der Waals surface area contributed by atoms with Gasteiger partial charge in [-0.2, -0.15) is 13.2 Å². The smallest absolute Gasteiger partial charge is 0.451 e. The number of pyridine rings is 1. The van der Waals surface area contributed by atoms with E-state index in [1.807, 2.05) is 6.92 Å². The molecule has 2 heterocycles. The number of benzene rings is 1. The maximum Gasteiger partial charge on any atom is 0.451 e. The van der Waals surface area contributed by atoms with E-state index in [1.54, 1.807) is 18.3 Å². The topological polar surface area (TPSA) is 77.0 Å². The second kappa shape index (κ2) is 8.48. The number of amides is 1. The van der Waals surface area contributed by atoms with E-state index in [1.165, 1.54) is 12.1 Å². The minimum absolute atomic E-state index is 0.0241. The predicted molar refractivity (Wildman–Crippen MR) is 115 cm³/mol. The third-order valence-electron chi connectivity index (χ3n) is 6.84. The van der Waals surface area contributed by atoms with E-state index in [-0.39, 0.29) is 35.4 Å². The molecular formula is C24H22F4N4O2. The second-order valence-electron chi connectivity index (χ2n) is 8.88. The Balaban J connectivity index is 1.20. The number of nitrogens with one attached hydrogen (secondary N) is 1. The molecule has 6 nitrogen and oxygen atoms in total. The Morgan fingerprint density at radius 2 is 1.85 bits per heavy atom. The van der Waals surface area contributed by atoms with E-state index in [0.717, 1.165) is 25.2 Å². The van der Waals surface area contributed by atoms with Crippen molar-refractivity contribution >= 4 is 22.5 Å². The van der Waals surface area contributed by atoms with Crippen LogP contribution in [0.25, 0.3) is 10.9 Å². The van der Waals surface area contributed by atoms with E-state index >= 15 is 0 Å². The zero-order valence-corrected chi connectivity index (χ0v) is 18.2. The molecule has 0 radical (unpaired) electrons. The number of ether oxygens (including phenoxy) is 1. The summed E-state index contributed by atoms with van der Waals surface area (Å²) in [5, 5.41) is 3.28. The standard InChI is InChI=1S/C24H22F4N4O2/c1-2-15(22(33)32-13-10-30-23(31-11-13)24(26,27)28)21-16-8-14(9-17(16)21)34-20-5-6-29-19-4-3-12(25)7-18(19)20/h3-7,10-11,14-17,21H,2,8-9H2,1H3,(H,32,33). The number of rotatable bonds is 6. The summed E-state index contributed by atoms with van der Waals surface area (Å²) in [5.41, 5.74) is 0.801. The van der Waals surface area contributed by atoms with Crippen LogP contribution in [-0.2, 0) is 11.0 Å². The van der Waals surface area contributed by atoms with E-state index in [0.29, 0.717) is 34.9 Å². The van der Waals surface area contributed by atoms with Crippen LogP contribution in [-0.4, -0.2) is 27.0 Å². The SMILES string of the molecule is CCC(C(=O)Nc1cnc(C(F)(F)F)nc1)C1C2CC(Oc3ccnc4ccc(F)cc34)CC21. The van der Waals surface area contributed by atoms with Crippen molar-refractivity contribution in [1.82, 2.24) is 15.0 Å². The highest BCUT2D eigenvalue weighted by Gasteiger charge is 2.60. The highest BCUT2D eigenvalue weighted by Crippen LogP contribution is 2.62. The van der Waals surface area contributed by atoms with Crippen LogP contribution >= 0.6 is 0 Å². The van der Waals surface area contributed by atoms with Crippen molar-refractivity contribution in [3.05, 3.63) is 54.5 Å². The Hall–Kier alpha value is -3.30. The average molecular weight is 474 g/mol. The molecule has 34 heavy (non-hydrogen) atoms. The Bertz CT molecular complexity index is 1210. The van der Waals surface area contributed by atoms with Crippen LogP contribution in [0.2, 0.25) is 0 Å². The Morgan fingerprint density at radius 3 is 2.50 bits per heavy atom. The van der Waals surface area contributed by atoms with Crippen LogP contribution in [0, 0.1) is 29.5 Å². The lowest BCUT2D eigenvalue weighted by molar-refractivity contribution is -0.144. The fourth-order valence-corrected chi connectivity index (χ4v) is 5.32. The van der Waals surface area contributed by atoms with Gasteiger partial charge < -0.3 is 10.1 Å². The van der Waals surface area contributed by atoms with Gasteiger partial charge in [-0.3, -0.25) is 9.78 Å². The van der Waals surface area contributed by atoms with Gasteiger partial charge in [0.15, 0.2) is 0 Å². The molecule has 2 aliphatic carbocycles. The first kappa shape index (κ1) is 22.5. The number of fused-ring (bicyclic) bond motifs is 2. The van der Waals surface area contributed by atoms with Crippen LogP contribution in [0.1, 0.15) is 32.0 Å². The number of anilines is 1. The van der Waals surface area contributed by atoms with Gasteiger partial charge in [-0.25, -0.2) is 14.4 Å². The van der Waals surface area contributed by atoms with E-state index in [2.05, 4.69) is 20.3 Å². The van der Waals surface area contributed by atoms with Gasteiger partial charge >= 0.3 is 6.18 Å². The van der Waals surface area contributed by atoms with E-state index in [4.69, 9.17) is 4.74 Å². The van der Waals surface area contributed by atoms with Crippen molar-refractivity contribution in [2.24, 2.45) is 23.7 Å². The molecule has 178 valence electrons. The Labute approximate surface area is 192 Å². The fourth-order valence-electron chi connectivity index (χ4n) is 5.32.